The summed E-state index contributed by atoms with van der Waals surface area (Å²) in [4.78, 5) is 17.8. The zero-order valence-electron chi connectivity index (χ0n) is 16.2. The summed E-state index contributed by atoms with van der Waals surface area (Å²) < 4.78 is 28.2. The van der Waals surface area contributed by atoms with Gasteiger partial charge in [0.1, 0.15) is 0 Å². The average Bonchev–Trinajstić information content (AvgIpc) is 3.30. The van der Waals surface area contributed by atoms with Crippen molar-refractivity contribution in [2.24, 2.45) is 12.5 Å². The number of nitrogens with zero attached hydrogens (tertiary/aromatic N) is 5. The predicted octanol–water partition coefficient (Wildman–Crippen LogP) is 0.269. The quantitative estimate of drug-likeness (QED) is 0.734. The fraction of sp³-hybridized carbons (Fsp3) is 0.778. The second kappa shape index (κ2) is 6.86. The Balaban J connectivity index is 1.62. The molecule has 3 fully saturated rings. The minimum Gasteiger partial charge on any atom is -0.342 e. The first kappa shape index (κ1) is 18.9. The van der Waals surface area contributed by atoms with Crippen molar-refractivity contribution in [3.8, 4) is 0 Å². The summed E-state index contributed by atoms with van der Waals surface area (Å²) in [7, 11) is 0.283. The highest BCUT2D eigenvalue weighted by Crippen LogP contribution is 2.44. The van der Waals surface area contributed by atoms with Crippen LogP contribution in [-0.4, -0.2) is 83.2 Å². The van der Waals surface area contributed by atoms with Gasteiger partial charge in [0, 0.05) is 64.6 Å². The number of fused-ring (bicyclic) bond motifs is 1. The van der Waals surface area contributed by atoms with Gasteiger partial charge in [0.25, 0.3) is 0 Å². The lowest BCUT2D eigenvalue weighted by Gasteiger charge is -2.53. The highest BCUT2D eigenvalue weighted by atomic mass is 32.2. The molecule has 4 rings (SSSR count). The number of carbonyl (C=O) groups excluding carboxylic acids is 1. The van der Waals surface area contributed by atoms with E-state index < -0.39 is 15.4 Å². The molecule has 8 nitrogen and oxygen atoms in total. The van der Waals surface area contributed by atoms with Gasteiger partial charge in [0.15, 0.2) is 0 Å². The molecule has 0 aromatic carbocycles. The van der Waals surface area contributed by atoms with E-state index >= 15 is 0 Å². The maximum Gasteiger partial charge on any atom is 0.231 e. The second-order valence-electron chi connectivity index (χ2n) is 8.28. The van der Waals surface area contributed by atoms with Crippen LogP contribution >= 0.6 is 0 Å². The molecule has 0 N–H and O–H groups in total. The van der Waals surface area contributed by atoms with Crippen molar-refractivity contribution in [2.45, 2.75) is 38.3 Å². The van der Waals surface area contributed by atoms with E-state index in [1.807, 2.05) is 24.3 Å². The monoisotopic (exact) mass is 395 g/mol. The maximum atomic E-state index is 13.6. The number of rotatable bonds is 3. The number of aromatic nitrogens is 2. The van der Waals surface area contributed by atoms with Gasteiger partial charge in [-0.1, -0.05) is 0 Å². The summed E-state index contributed by atoms with van der Waals surface area (Å²) in [5.74, 6) is 0.211. The summed E-state index contributed by atoms with van der Waals surface area (Å²) in [6, 6.07) is -0.241. The fourth-order valence-electron chi connectivity index (χ4n) is 5.09. The number of amides is 1. The molecular formula is C18H29N5O3S. The Morgan fingerprint density at radius 2 is 2.00 bits per heavy atom. The van der Waals surface area contributed by atoms with E-state index in [0.29, 0.717) is 19.4 Å². The van der Waals surface area contributed by atoms with Crippen molar-refractivity contribution >= 4 is 15.9 Å². The van der Waals surface area contributed by atoms with Gasteiger partial charge in [0.2, 0.25) is 15.9 Å². The topological polar surface area (TPSA) is 78.8 Å². The smallest absolute Gasteiger partial charge is 0.231 e. The molecule has 1 amide bonds. The van der Waals surface area contributed by atoms with Gasteiger partial charge in [-0.25, -0.2) is 12.7 Å². The van der Waals surface area contributed by atoms with Crippen molar-refractivity contribution in [2.75, 3.05) is 39.0 Å². The highest BCUT2D eigenvalue weighted by molar-refractivity contribution is 7.89. The molecule has 9 heteroatoms. The average molecular weight is 396 g/mol. The fourth-order valence-corrected chi connectivity index (χ4v) is 6.69. The van der Waals surface area contributed by atoms with Gasteiger partial charge in [-0.2, -0.15) is 5.10 Å². The molecule has 4 heterocycles. The van der Waals surface area contributed by atoms with E-state index in [-0.39, 0.29) is 17.7 Å². The van der Waals surface area contributed by atoms with Crippen LogP contribution < -0.4 is 0 Å². The molecule has 27 heavy (non-hydrogen) atoms. The number of aryl methyl sites for hydroxylation is 1. The van der Waals surface area contributed by atoms with Crippen LogP contribution in [0.15, 0.2) is 12.4 Å². The van der Waals surface area contributed by atoms with Crippen molar-refractivity contribution in [3.63, 3.8) is 0 Å². The Morgan fingerprint density at radius 1 is 1.26 bits per heavy atom. The normalized spacial score (nSPS) is 31.8. The molecule has 3 aliphatic heterocycles. The lowest BCUT2D eigenvalue weighted by Crippen LogP contribution is -2.67. The summed E-state index contributed by atoms with van der Waals surface area (Å²) in [5.41, 5.74) is 0.488. The van der Waals surface area contributed by atoms with Crippen LogP contribution in [-0.2, 0) is 28.4 Å². The molecule has 3 saturated heterocycles. The molecule has 0 spiro atoms. The molecule has 150 valence electrons. The first-order valence-electron chi connectivity index (χ1n) is 9.77. The molecule has 1 aromatic heterocycles. The molecule has 0 saturated carbocycles. The van der Waals surface area contributed by atoms with Gasteiger partial charge >= 0.3 is 0 Å². The number of piperidine rings is 1. The van der Waals surface area contributed by atoms with Crippen molar-refractivity contribution < 1.29 is 13.2 Å². The van der Waals surface area contributed by atoms with E-state index in [1.165, 1.54) is 4.31 Å². The van der Waals surface area contributed by atoms with E-state index in [9.17, 15) is 13.2 Å². The van der Waals surface area contributed by atoms with Crippen LogP contribution in [0.25, 0.3) is 0 Å². The van der Waals surface area contributed by atoms with Gasteiger partial charge in [-0.15, -0.1) is 0 Å². The Labute approximate surface area is 161 Å². The van der Waals surface area contributed by atoms with Crippen LogP contribution in [0.1, 0.15) is 31.2 Å². The van der Waals surface area contributed by atoms with Crippen molar-refractivity contribution in [3.05, 3.63) is 18.0 Å². The van der Waals surface area contributed by atoms with Crippen LogP contribution in [0.3, 0.4) is 0 Å². The van der Waals surface area contributed by atoms with Gasteiger partial charge in [-0.05, 0) is 25.7 Å². The molecule has 0 unspecified atom stereocenters. The van der Waals surface area contributed by atoms with Gasteiger partial charge in [-0.3, -0.25) is 14.4 Å². The summed E-state index contributed by atoms with van der Waals surface area (Å²) in [6.07, 6.45) is 7.05. The lowest BCUT2D eigenvalue weighted by atomic mass is 9.71. The minimum atomic E-state index is -3.27. The van der Waals surface area contributed by atoms with E-state index in [1.54, 1.807) is 11.7 Å². The summed E-state index contributed by atoms with van der Waals surface area (Å²) >= 11 is 0. The molecule has 0 radical (unpaired) electrons. The maximum absolute atomic E-state index is 13.6. The molecule has 0 bridgehead atoms. The first-order valence-corrected chi connectivity index (χ1v) is 11.4. The van der Waals surface area contributed by atoms with Gasteiger partial charge in [0.05, 0.1) is 17.4 Å². The zero-order chi connectivity index (χ0) is 19.2. The Bertz CT molecular complexity index is 817. The number of carbonyl (C=O) groups is 1. The number of hydrogen-bond acceptors (Lipinski definition) is 5. The van der Waals surface area contributed by atoms with Crippen LogP contribution in [0.2, 0.25) is 0 Å². The predicted molar refractivity (Wildman–Crippen MR) is 101 cm³/mol. The molecule has 3 aliphatic rings. The van der Waals surface area contributed by atoms with E-state index in [0.717, 1.165) is 44.6 Å². The Hall–Kier alpha value is -1.45. The highest BCUT2D eigenvalue weighted by Gasteiger charge is 2.57. The van der Waals surface area contributed by atoms with Crippen molar-refractivity contribution in [1.82, 2.24) is 23.9 Å². The third kappa shape index (κ3) is 3.30. The lowest BCUT2D eigenvalue weighted by molar-refractivity contribution is -0.150. The SMILES string of the molecule is CN1[C@@H]2CCN(Cc3cnn(C)c3)C[C@@]2(C(=O)N2CCCC2)CCS1(=O)=O. The third-order valence-corrected chi connectivity index (χ3v) is 8.38. The Morgan fingerprint density at radius 3 is 2.67 bits per heavy atom. The van der Waals surface area contributed by atoms with Crippen LogP contribution in [0.5, 0.6) is 0 Å². The summed E-state index contributed by atoms with van der Waals surface area (Å²) in [5, 5.41) is 4.24. The van der Waals surface area contributed by atoms with Crippen LogP contribution in [0.4, 0.5) is 0 Å². The van der Waals surface area contributed by atoms with Crippen LogP contribution in [0, 0.1) is 5.41 Å². The minimum absolute atomic E-state index is 0.0559. The number of sulfonamides is 1. The summed E-state index contributed by atoms with van der Waals surface area (Å²) in [6.45, 7) is 3.74. The zero-order valence-corrected chi connectivity index (χ0v) is 17.0. The second-order valence-corrected chi connectivity index (χ2v) is 10.4. The number of likely N-dealkylation sites (tertiary alicyclic amines) is 2. The Kier molecular flexibility index (Phi) is 4.80. The molecule has 0 aliphatic carbocycles. The first-order chi connectivity index (χ1) is 12.8. The largest absolute Gasteiger partial charge is 0.342 e. The van der Waals surface area contributed by atoms with Gasteiger partial charge < -0.3 is 4.90 Å². The standard InChI is InChI=1S/C18H29N5O3S/c1-20-12-15(11-19-20)13-22-9-5-16-18(14-22,6-10-27(25,26)21(16)2)17(24)23-7-3-4-8-23/h11-12,16H,3-10,13-14H2,1-2H3/t16-,18+/m1/s1. The molecule has 2 atom stereocenters. The van der Waals surface area contributed by atoms with E-state index in [4.69, 9.17) is 0 Å². The molecular weight excluding hydrogens is 366 g/mol. The van der Waals surface area contributed by atoms with E-state index in [2.05, 4.69) is 10.00 Å². The molecule has 1 aromatic rings. The van der Waals surface area contributed by atoms with Crippen molar-refractivity contribution in [1.29, 1.82) is 0 Å². The third-order valence-electron chi connectivity index (χ3n) is 6.53. The number of hydrogen-bond donors (Lipinski definition) is 0.